The molecule has 0 unspecified atom stereocenters. The Morgan fingerprint density at radius 2 is 1.82 bits per heavy atom. The van der Waals surface area contributed by atoms with Gasteiger partial charge in [0.2, 0.25) is 5.95 Å². The van der Waals surface area contributed by atoms with E-state index in [1.54, 1.807) is 6.21 Å². The molecule has 0 bridgehead atoms. The number of hydrogen-bond donors (Lipinski definition) is 1. The lowest BCUT2D eigenvalue weighted by Gasteiger charge is -2.32. The van der Waals surface area contributed by atoms with Gasteiger partial charge in [-0.15, -0.1) is 0 Å². The Hall–Kier alpha value is -2.49. The van der Waals surface area contributed by atoms with Crippen LogP contribution in [0.5, 0.6) is 0 Å². The van der Waals surface area contributed by atoms with Crippen molar-refractivity contribution in [3.63, 3.8) is 0 Å². The van der Waals surface area contributed by atoms with Crippen molar-refractivity contribution in [3.05, 3.63) is 47.2 Å². The van der Waals surface area contributed by atoms with Gasteiger partial charge in [-0.2, -0.15) is 10.1 Å². The molecule has 8 nitrogen and oxygen atoms in total. The predicted molar refractivity (Wildman–Crippen MR) is 137 cm³/mol. The van der Waals surface area contributed by atoms with E-state index in [2.05, 4.69) is 68.2 Å². The van der Waals surface area contributed by atoms with E-state index in [0.29, 0.717) is 19.2 Å². The quantitative estimate of drug-likeness (QED) is 0.357. The number of nitrogens with zero attached hydrogens (tertiary/aromatic N) is 4. The molecule has 0 atom stereocenters. The first-order valence-electron chi connectivity index (χ1n) is 12.1. The highest BCUT2D eigenvalue weighted by Crippen LogP contribution is 2.38. The zero-order chi connectivity index (χ0) is 24.2. The van der Waals surface area contributed by atoms with Crippen molar-refractivity contribution in [3.8, 4) is 0 Å². The van der Waals surface area contributed by atoms with Crippen molar-refractivity contribution in [2.45, 2.75) is 65.0 Å². The highest BCUT2D eigenvalue weighted by Gasteiger charge is 2.50. The second-order valence-corrected chi connectivity index (χ2v) is 10.0. The number of hydrazone groups is 1. The SMILES string of the molecule is Cc1cccc(C=NNc2nc(CCCB3OC(C)(C)C(C)(C)O3)cc(N3CCOCC3)n2)c1. The van der Waals surface area contributed by atoms with Gasteiger partial charge in [0.15, 0.2) is 0 Å². The standard InChI is InChI=1S/C25H36BN5O3/c1-19-8-6-9-20(16-19)18-27-30-23-28-21(17-22(29-23)31-12-14-32-15-13-31)10-7-11-26-33-24(2,3)25(4,5)34-26/h6,8-9,16-18H,7,10-15H2,1-5H3,(H,28,29,30). The summed E-state index contributed by atoms with van der Waals surface area (Å²) in [4.78, 5) is 11.7. The molecule has 0 saturated carbocycles. The summed E-state index contributed by atoms with van der Waals surface area (Å²) in [5.74, 6) is 1.40. The van der Waals surface area contributed by atoms with Crippen LogP contribution in [0.25, 0.3) is 0 Å². The molecule has 9 heteroatoms. The van der Waals surface area contributed by atoms with Gasteiger partial charge in [-0.3, -0.25) is 0 Å². The summed E-state index contributed by atoms with van der Waals surface area (Å²) in [5, 5.41) is 4.37. The van der Waals surface area contributed by atoms with Crippen LogP contribution in [-0.4, -0.2) is 60.8 Å². The average Bonchev–Trinajstić information content (AvgIpc) is 3.00. The third-order valence-corrected chi connectivity index (χ3v) is 6.70. The Labute approximate surface area is 203 Å². The van der Waals surface area contributed by atoms with Crippen molar-refractivity contribution < 1.29 is 14.0 Å². The lowest BCUT2D eigenvalue weighted by atomic mass is 9.82. The number of morpholine rings is 1. The van der Waals surface area contributed by atoms with Crippen LogP contribution in [0.2, 0.25) is 6.32 Å². The Kier molecular flexibility index (Phi) is 7.55. The van der Waals surface area contributed by atoms with Gasteiger partial charge in [-0.1, -0.05) is 29.8 Å². The van der Waals surface area contributed by atoms with Gasteiger partial charge in [0.05, 0.1) is 30.6 Å². The average molecular weight is 465 g/mol. The number of nitrogens with one attached hydrogen (secondary N) is 1. The smallest absolute Gasteiger partial charge is 0.403 e. The first-order chi connectivity index (χ1) is 16.2. The van der Waals surface area contributed by atoms with Crippen molar-refractivity contribution >= 4 is 25.1 Å². The third-order valence-electron chi connectivity index (χ3n) is 6.70. The molecule has 0 radical (unpaired) electrons. The van der Waals surface area contributed by atoms with E-state index >= 15 is 0 Å². The number of aromatic nitrogens is 2. The lowest BCUT2D eigenvalue weighted by Crippen LogP contribution is -2.41. The van der Waals surface area contributed by atoms with Gasteiger partial charge >= 0.3 is 7.12 Å². The molecule has 0 amide bonds. The number of rotatable bonds is 8. The minimum atomic E-state index is -0.303. The van der Waals surface area contributed by atoms with Crippen LogP contribution in [0.3, 0.4) is 0 Å². The summed E-state index contributed by atoms with van der Waals surface area (Å²) in [5.41, 5.74) is 5.61. The summed E-state index contributed by atoms with van der Waals surface area (Å²) >= 11 is 0. The van der Waals surface area contributed by atoms with Gasteiger partial charge in [-0.05, 0) is 59.3 Å². The van der Waals surface area contributed by atoms with Crippen LogP contribution in [0, 0.1) is 6.92 Å². The van der Waals surface area contributed by atoms with E-state index in [-0.39, 0.29) is 18.3 Å². The van der Waals surface area contributed by atoms with Gasteiger partial charge in [0, 0.05) is 24.8 Å². The molecule has 2 fully saturated rings. The summed E-state index contributed by atoms with van der Waals surface area (Å²) in [6.07, 6.45) is 4.32. The van der Waals surface area contributed by atoms with E-state index in [1.165, 1.54) is 5.56 Å². The molecule has 2 aromatic rings. The number of hydrogen-bond acceptors (Lipinski definition) is 8. The molecule has 2 aliphatic heterocycles. The van der Waals surface area contributed by atoms with E-state index in [9.17, 15) is 0 Å². The van der Waals surface area contributed by atoms with E-state index in [0.717, 1.165) is 49.3 Å². The molecule has 1 N–H and O–H groups in total. The normalized spacial score (nSPS) is 19.7. The largest absolute Gasteiger partial charge is 0.457 e. The van der Waals surface area contributed by atoms with Gasteiger partial charge in [-0.25, -0.2) is 10.4 Å². The molecule has 1 aromatic heterocycles. The molecular formula is C25H36BN5O3. The number of aryl methyl sites for hydroxylation is 2. The zero-order valence-electron chi connectivity index (χ0n) is 21.0. The molecule has 1 aromatic carbocycles. The van der Waals surface area contributed by atoms with Gasteiger partial charge < -0.3 is 18.9 Å². The second kappa shape index (κ2) is 10.4. The maximum atomic E-state index is 6.14. The minimum Gasteiger partial charge on any atom is -0.403 e. The Morgan fingerprint density at radius 1 is 1.09 bits per heavy atom. The Morgan fingerprint density at radius 3 is 2.53 bits per heavy atom. The van der Waals surface area contributed by atoms with E-state index in [1.807, 2.05) is 12.1 Å². The molecule has 0 spiro atoms. The maximum Gasteiger partial charge on any atom is 0.457 e. The van der Waals surface area contributed by atoms with E-state index in [4.69, 9.17) is 24.0 Å². The van der Waals surface area contributed by atoms with Crippen LogP contribution in [0.15, 0.2) is 35.4 Å². The molecule has 0 aliphatic carbocycles. The van der Waals surface area contributed by atoms with Crippen molar-refractivity contribution in [2.24, 2.45) is 5.10 Å². The maximum absolute atomic E-state index is 6.14. The Balaban J connectivity index is 1.43. The second-order valence-electron chi connectivity index (χ2n) is 10.0. The van der Waals surface area contributed by atoms with Crippen LogP contribution < -0.4 is 10.3 Å². The molecule has 34 heavy (non-hydrogen) atoms. The van der Waals surface area contributed by atoms with Gasteiger partial charge in [0.25, 0.3) is 0 Å². The molecule has 4 rings (SSSR count). The third kappa shape index (κ3) is 6.14. The molecule has 2 saturated heterocycles. The predicted octanol–water partition coefficient (Wildman–Crippen LogP) is 4.09. The molecule has 2 aliphatic rings. The summed E-state index contributed by atoms with van der Waals surface area (Å²) in [6, 6.07) is 10.3. The first kappa shape index (κ1) is 24.6. The highest BCUT2D eigenvalue weighted by molar-refractivity contribution is 6.45. The number of anilines is 2. The Bertz CT molecular complexity index is 992. The number of benzene rings is 1. The fourth-order valence-electron chi connectivity index (χ4n) is 4.06. The van der Waals surface area contributed by atoms with Crippen molar-refractivity contribution in [2.75, 3.05) is 36.6 Å². The van der Waals surface area contributed by atoms with Crippen LogP contribution in [0.4, 0.5) is 11.8 Å². The van der Waals surface area contributed by atoms with Gasteiger partial charge in [0.1, 0.15) is 5.82 Å². The van der Waals surface area contributed by atoms with Crippen LogP contribution >= 0.6 is 0 Å². The minimum absolute atomic E-state index is 0.193. The summed E-state index contributed by atoms with van der Waals surface area (Å²) < 4.78 is 17.8. The van der Waals surface area contributed by atoms with Crippen LogP contribution in [-0.2, 0) is 20.5 Å². The monoisotopic (exact) mass is 465 g/mol. The molecular weight excluding hydrogens is 429 g/mol. The summed E-state index contributed by atoms with van der Waals surface area (Å²) in [6.45, 7) is 13.4. The fraction of sp³-hybridized carbons (Fsp3) is 0.560. The summed E-state index contributed by atoms with van der Waals surface area (Å²) in [7, 11) is -0.193. The number of ether oxygens (including phenoxy) is 1. The molecule has 3 heterocycles. The van der Waals surface area contributed by atoms with E-state index < -0.39 is 0 Å². The van der Waals surface area contributed by atoms with Crippen LogP contribution in [0.1, 0.15) is 50.9 Å². The first-order valence-corrected chi connectivity index (χ1v) is 12.1. The zero-order valence-corrected chi connectivity index (χ0v) is 21.0. The topological polar surface area (TPSA) is 81.1 Å². The fourth-order valence-corrected chi connectivity index (χ4v) is 4.06. The highest BCUT2D eigenvalue weighted by atomic mass is 16.7. The van der Waals surface area contributed by atoms with Crippen molar-refractivity contribution in [1.82, 2.24) is 9.97 Å². The van der Waals surface area contributed by atoms with Crippen molar-refractivity contribution in [1.29, 1.82) is 0 Å². The lowest BCUT2D eigenvalue weighted by molar-refractivity contribution is 0.00578. The molecule has 182 valence electrons.